The summed E-state index contributed by atoms with van der Waals surface area (Å²) in [7, 11) is 0. The highest BCUT2D eigenvalue weighted by molar-refractivity contribution is 5.78. The van der Waals surface area contributed by atoms with Crippen molar-refractivity contribution in [2.24, 2.45) is 17.3 Å². The zero-order chi connectivity index (χ0) is 17.8. The highest BCUT2D eigenvalue weighted by Gasteiger charge is 2.61. The number of non-ortho nitro benzene ring substituents is 1. The molecule has 0 amide bonds. The number of hydrogen-bond acceptors (Lipinski definition) is 5. The van der Waals surface area contributed by atoms with Gasteiger partial charge in [-0.05, 0) is 62.8 Å². The van der Waals surface area contributed by atoms with Gasteiger partial charge in [-0.3, -0.25) is 14.9 Å². The van der Waals surface area contributed by atoms with Gasteiger partial charge >= 0.3 is 5.97 Å². The summed E-state index contributed by atoms with van der Waals surface area (Å²) in [6.07, 6.45) is 4.26. The van der Waals surface area contributed by atoms with Crippen LogP contribution in [0, 0.1) is 27.4 Å². The van der Waals surface area contributed by atoms with E-state index in [2.05, 4.69) is 0 Å². The largest absolute Gasteiger partial charge is 0.457 e. The van der Waals surface area contributed by atoms with Crippen molar-refractivity contribution in [2.75, 3.05) is 0 Å². The molecule has 5 rings (SSSR count). The SMILES string of the molecule is C[C@@H](OC(=O)C12C[C@@H]3C[C@@H](CC(O)(C3)C1)C2)c1cccc([N+](=O)[O-])c1. The number of ether oxygens (including phenoxy) is 1. The topological polar surface area (TPSA) is 89.7 Å². The fourth-order valence-corrected chi connectivity index (χ4v) is 5.70. The fourth-order valence-electron chi connectivity index (χ4n) is 5.70. The second-order valence-electron chi connectivity index (χ2n) is 8.37. The maximum Gasteiger partial charge on any atom is 0.312 e. The molecule has 0 saturated heterocycles. The standard InChI is InChI=1S/C19H23NO5/c1-12(15-3-2-4-16(6-15)20(23)24)25-17(21)18-7-13-5-14(8-18)10-19(22,9-13)11-18/h2-4,6,12-14,22H,5,7-11H2,1H3/t12-,13-,14+,18?,19?/m1/s1. The molecule has 1 aromatic carbocycles. The van der Waals surface area contributed by atoms with Crippen molar-refractivity contribution in [3.63, 3.8) is 0 Å². The summed E-state index contributed by atoms with van der Waals surface area (Å²) in [6.45, 7) is 1.74. The predicted molar refractivity (Wildman–Crippen MR) is 89.7 cm³/mol. The average molecular weight is 345 g/mol. The van der Waals surface area contributed by atoms with Crippen molar-refractivity contribution < 1.29 is 19.6 Å². The fraction of sp³-hybridized carbons (Fsp3) is 0.632. The molecule has 0 aromatic heterocycles. The molecule has 6 heteroatoms. The minimum atomic E-state index is -0.710. The summed E-state index contributed by atoms with van der Waals surface area (Å²) in [6, 6.07) is 6.21. The molecule has 0 aliphatic heterocycles. The number of esters is 1. The Hall–Kier alpha value is -1.95. The monoisotopic (exact) mass is 345 g/mol. The number of nitro groups is 1. The zero-order valence-corrected chi connectivity index (χ0v) is 14.3. The highest BCUT2D eigenvalue weighted by Crippen LogP contribution is 2.62. The van der Waals surface area contributed by atoms with Crippen LogP contribution in [0.15, 0.2) is 24.3 Å². The molecule has 4 fully saturated rings. The van der Waals surface area contributed by atoms with Crippen LogP contribution in [0.2, 0.25) is 0 Å². The van der Waals surface area contributed by atoms with Crippen molar-refractivity contribution in [2.45, 2.75) is 57.2 Å². The van der Waals surface area contributed by atoms with Gasteiger partial charge in [-0.25, -0.2) is 0 Å². The van der Waals surface area contributed by atoms with Crippen LogP contribution in [0.3, 0.4) is 0 Å². The Bertz CT molecular complexity index is 716. The summed E-state index contributed by atoms with van der Waals surface area (Å²) < 4.78 is 5.73. The first-order chi connectivity index (χ1) is 11.8. The van der Waals surface area contributed by atoms with Gasteiger partial charge in [0, 0.05) is 12.1 Å². The molecule has 2 unspecified atom stereocenters. The van der Waals surface area contributed by atoms with Gasteiger partial charge in [0.15, 0.2) is 0 Å². The maximum atomic E-state index is 13.0. The van der Waals surface area contributed by atoms with Gasteiger partial charge in [0.2, 0.25) is 0 Å². The third-order valence-electron chi connectivity index (χ3n) is 6.30. The number of rotatable bonds is 4. The van der Waals surface area contributed by atoms with Crippen LogP contribution in [0.25, 0.3) is 0 Å². The van der Waals surface area contributed by atoms with E-state index < -0.39 is 22.0 Å². The molecule has 134 valence electrons. The number of carbonyl (C=O) groups is 1. The smallest absolute Gasteiger partial charge is 0.312 e. The van der Waals surface area contributed by atoms with E-state index in [0.29, 0.717) is 23.8 Å². The molecule has 4 saturated carbocycles. The van der Waals surface area contributed by atoms with Crippen LogP contribution in [0.1, 0.15) is 57.1 Å². The summed E-state index contributed by atoms with van der Waals surface area (Å²) in [5.41, 5.74) is -0.679. The Morgan fingerprint density at radius 3 is 2.60 bits per heavy atom. The average Bonchev–Trinajstić information content (AvgIpc) is 2.52. The van der Waals surface area contributed by atoms with Gasteiger partial charge in [0.1, 0.15) is 6.10 Å². The molecule has 6 nitrogen and oxygen atoms in total. The van der Waals surface area contributed by atoms with Crippen LogP contribution >= 0.6 is 0 Å². The van der Waals surface area contributed by atoms with Gasteiger partial charge < -0.3 is 9.84 Å². The predicted octanol–water partition coefficient (Wildman–Crippen LogP) is 3.53. The van der Waals surface area contributed by atoms with Crippen LogP contribution in [-0.4, -0.2) is 21.6 Å². The number of benzene rings is 1. The number of aliphatic hydroxyl groups is 1. The highest BCUT2D eigenvalue weighted by atomic mass is 16.6. The molecule has 0 heterocycles. The molecular weight excluding hydrogens is 322 g/mol. The van der Waals surface area contributed by atoms with Crippen LogP contribution in [-0.2, 0) is 9.53 Å². The lowest BCUT2D eigenvalue weighted by atomic mass is 9.48. The second kappa shape index (κ2) is 5.53. The van der Waals surface area contributed by atoms with Crippen molar-refractivity contribution in [1.82, 2.24) is 0 Å². The maximum absolute atomic E-state index is 13.0. The van der Waals surface area contributed by atoms with Crippen molar-refractivity contribution in [3.8, 4) is 0 Å². The van der Waals surface area contributed by atoms with E-state index in [9.17, 15) is 20.0 Å². The number of nitro benzene ring substituents is 1. The lowest BCUT2D eigenvalue weighted by Gasteiger charge is -2.58. The third kappa shape index (κ3) is 2.82. The van der Waals surface area contributed by atoms with Crippen molar-refractivity contribution in [3.05, 3.63) is 39.9 Å². The zero-order valence-electron chi connectivity index (χ0n) is 14.3. The first-order valence-corrected chi connectivity index (χ1v) is 8.96. The quantitative estimate of drug-likeness (QED) is 0.512. The molecule has 4 aliphatic rings. The molecule has 1 aromatic rings. The summed E-state index contributed by atoms with van der Waals surface area (Å²) in [5, 5.41) is 21.7. The van der Waals surface area contributed by atoms with E-state index in [4.69, 9.17) is 4.74 Å². The van der Waals surface area contributed by atoms with Gasteiger partial charge in [-0.1, -0.05) is 12.1 Å². The number of hydrogen-bond donors (Lipinski definition) is 1. The summed E-state index contributed by atoms with van der Waals surface area (Å²) in [4.78, 5) is 23.5. The molecule has 5 atom stereocenters. The lowest BCUT2D eigenvalue weighted by molar-refractivity contribution is -0.385. The Morgan fingerprint density at radius 2 is 2.00 bits per heavy atom. The molecule has 4 aliphatic carbocycles. The molecule has 4 bridgehead atoms. The van der Waals surface area contributed by atoms with E-state index in [1.807, 2.05) is 0 Å². The van der Waals surface area contributed by atoms with E-state index in [1.54, 1.807) is 19.1 Å². The number of nitrogens with zero attached hydrogens (tertiary/aromatic N) is 1. The molecule has 25 heavy (non-hydrogen) atoms. The molecule has 0 radical (unpaired) electrons. The van der Waals surface area contributed by atoms with Gasteiger partial charge in [0.05, 0.1) is 15.9 Å². The normalized spacial score (nSPS) is 36.9. The van der Waals surface area contributed by atoms with Crippen LogP contribution in [0.4, 0.5) is 5.69 Å². The second-order valence-corrected chi connectivity index (χ2v) is 8.37. The summed E-state index contributed by atoms with van der Waals surface area (Å²) in [5.74, 6) is 0.567. The third-order valence-corrected chi connectivity index (χ3v) is 6.30. The van der Waals surface area contributed by atoms with E-state index in [1.165, 1.54) is 12.1 Å². The Kier molecular flexibility index (Phi) is 3.65. The lowest BCUT2D eigenvalue weighted by Crippen LogP contribution is -2.58. The van der Waals surface area contributed by atoms with Gasteiger partial charge in [-0.2, -0.15) is 0 Å². The van der Waals surface area contributed by atoms with Crippen molar-refractivity contribution >= 4 is 11.7 Å². The molecule has 0 spiro atoms. The Labute approximate surface area is 146 Å². The van der Waals surface area contributed by atoms with E-state index in [0.717, 1.165) is 32.1 Å². The van der Waals surface area contributed by atoms with E-state index >= 15 is 0 Å². The minimum Gasteiger partial charge on any atom is -0.457 e. The van der Waals surface area contributed by atoms with Crippen LogP contribution in [0.5, 0.6) is 0 Å². The molecular formula is C19H23NO5. The first-order valence-electron chi connectivity index (χ1n) is 8.96. The summed E-state index contributed by atoms with van der Waals surface area (Å²) >= 11 is 0. The van der Waals surface area contributed by atoms with E-state index in [-0.39, 0.29) is 11.7 Å². The Balaban J connectivity index is 1.52. The number of carbonyl (C=O) groups excluding carboxylic acids is 1. The Morgan fingerprint density at radius 1 is 1.32 bits per heavy atom. The minimum absolute atomic E-state index is 0.00971. The van der Waals surface area contributed by atoms with Gasteiger partial charge in [-0.15, -0.1) is 0 Å². The molecule has 1 N–H and O–H groups in total. The van der Waals surface area contributed by atoms with Crippen molar-refractivity contribution in [1.29, 1.82) is 0 Å². The van der Waals surface area contributed by atoms with Crippen LogP contribution < -0.4 is 0 Å². The first kappa shape index (κ1) is 16.5. The van der Waals surface area contributed by atoms with Gasteiger partial charge in [0.25, 0.3) is 5.69 Å².